The Labute approximate surface area is 170 Å². The minimum atomic E-state index is -1.50. The summed E-state index contributed by atoms with van der Waals surface area (Å²) in [6.45, 7) is 5.10. The van der Waals surface area contributed by atoms with Crippen molar-refractivity contribution in [3.63, 3.8) is 0 Å². The van der Waals surface area contributed by atoms with Crippen LogP contribution in [0.25, 0.3) is 11.0 Å². The maximum Gasteiger partial charge on any atom is 0.267 e. The number of amides is 1. The van der Waals surface area contributed by atoms with E-state index in [1.165, 1.54) is 0 Å². The number of aromatic nitrogens is 3. The maximum absolute atomic E-state index is 12.6. The van der Waals surface area contributed by atoms with Gasteiger partial charge in [0.15, 0.2) is 11.5 Å². The van der Waals surface area contributed by atoms with Crippen LogP contribution in [0.15, 0.2) is 18.3 Å². The lowest BCUT2D eigenvalue weighted by molar-refractivity contribution is -0.146. The van der Waals surface area contributed by atoms with Gasteiger partial charge in [0.1, 0.15) is 5.52 Å². The van der Waals surface area contributed by atoms with Gasteiger partial charge < -0.3 is 21.5 Å². The van der Waals surface area contributed by atoms with E-state index in [1.807, 2.05) is 13.0 Å². The number of nitrogen functional groups attached to an aromatic ring is 1. The van der Waals surface area contributed by atoms with Crippen LogP contribution in [0.1, 0.15) is 52.4 Å². The lowest BCUT2D eigenvalue weighted by atomic mass is 9.93. The first-order valence-corrected chi connectivity index (χ1v) is 10.3. The molecule has 1 aliphatic heterocycles. The summed E-state index contributed by atoms with van der Waals surface area (Å²) in [6, 6.07) is 3.63. The highest BCUT2D eigenvalue weighted by atomic mass is 16.3. The minimum absolute atomic E-state index is 0.163. The first-order valence-electron chi connectivity index (χ1n) is 10.3. The van der Waals surface area contributed by atoms with E-state index in [4.69, 9.17) is 5.73 Å². The predicted octanol–water partition coefficient (Wildman–Crippen LogP) is 1.55. The third-order valence-corrected chi connectivity index (χ3v) is 5.37. The lowest BCUT2D eigenvalue weighted by Crippen LogP contribution is -2.61. The van der Waals surface area contributed by atoms with E-state index in [-0.39, 0.29) is 5.95 Å². The van der Waals surface area contributed by atoms with Crippen molar-refractivity contribution >= 4 is 28.7 Å². The van der Waals surface area contributed by atoms with Crippen molar-refractivity contribution in [3.05, 3.63) is 18.3 Å². The number of hydrogen-bond donors (Lipinski definition) is 5. The summed E-state index contributed by atoms with van der Waals surface area (Å²) in [5.41, 5.74) is 5.16. The largest absolute Gasteiger partial charge is 0.368 e. The van der Waals surface area contributed by atoms with Crippen molar-refractivity contribution < 1.29 is 9.90 Å². The molecule has 0 spiro atoms. The zero-order valence-electron chi connectivity index (χ0n) is 17.2. The number of carbonyl (C=O) groups is 1. The quantitative estimate of drug-likeness (QED) is 0.449. The van der Waals surface area contributed by atoms with E-state index in [0.29, 0.717) is 36.4 Å². The number of pyridine rings is 1. The number of aliphatic hydroxyl groups is 1. The van der Waals surface area contributed by atoms with Gasteiger partial charge in [-0.25, -0.2) is 4.98 Å². The van der Waals surface area contributed by atoms with E-state index >= 15 is 0 Å². The molecule has 1 amide bonds. The van der Waals surface area contributed by atoms with E-state index in [1.54, 1.807) is 12.3 Å². The number of anilines is 2. The highest BCUT2D eigenvalue weighted by Gasteiger charge is 2.38. The van der Waals surface area contributed by atoms with Gasteiger partial charge in [0.05, 0.1) is 11.1 Å². The molecule has 1 unspecified atom stereocenters. The van der Waals surface area contributed by atoms with Crippen LogP contribution in [-0.4, -0.2) is 50.3 Å². The van der Waals surface area contributed by atoms with Gasteiger partial charge >= 0.3 is 0 Å². The van der Waals surface area contributed by atoms with Gasteiger partial charge in [-0.3, -0.25) is 15.1 Å². The van der Waals surface area contributed by atoms with Crippen molar-refractivity contribution in [2.45, 2.75) is 63.6 Å². The molecule has 3 heterocycles. The number of fused-ring (bicyclic) bond motifs is 1. The summed E-state index contributed by atoms with van der Waals surface area (Å²) in [5.74, 6) is 0.304. The second-order valence-electron chi connectivity index (χ2n) is 8.02. The number of hydrogen-bond acceptors (Lipinski definition) is 8. The first-order chi connectivity index (χ1) is 13.9. The van der Waals surface area contributed by atoms with Crippen LogP contribution in [0.2, 0.25) is 0 Å². The van der Waals surface area contributed by atoms with Gasteiger partial charge in [0.2, 0.25) is 5.95 Å². The molecule has 2 aromatic heterocycles. The molecular weight excluding hydrogens is 370 g/mol. The average molecular weight is 402 g/mol. The Hall–Kier alpha value is -2.52. The third kappa shape index (κ3) is 5.10. The highest BCUT2D eigenvalue weighted by Crippen LogP contribution is 2.25. The normalized spacial score (nSPS) is 21.5. The standard InChI is InChI=1S/C20H31N7O2/c1-3-4-9-19(2,13-23-17(28)20(29)10-5-6-12-24-20)27-16-15-14(8-7-11-22-15)25-18(21)26-16/h7-8,11,24,29H,3-6,9-10,12-13H2,1-2H3,(H,23,28)(H3,21,25,26,27)/t19?,20-/m0/s1. The van der Waals surface area contributed by atoms with Crippen LogP contribution in [-0.2, 0) is 4.79 Å². The molecule has 0 aliphatic carbocycles. The first kappa shape index (κ1) is 21.2. The Morgan fingerprint density at radius 3 is 2.97 bits per heavy atom. The molecule has 29 heavy (non-hydrogen) atoms. The zero-order chi connectivity index (χ0) is 20.9. The summed E-state index contributed by atoms with van der Waals surface area (Å²) in [7, 11) is 0. The average Bonchev–Trinajstić information content (AvgIpc) is 2.71. The zero-order valence-corrected chi connectivity index (χ0v) is 17.2. The van der Waals surface area contributed by atoms with Crippen LogP contribution >= 0.6 is 0 Å². The molecule has 0 saturated carbocycles. The van der Waals surface area contributed by atoms with Crippen LogP contribution in [0.3, 0.4) is 0 Å². The van der Waals surface area contributed by atoms with E-state index in [2.05, 4.69) is 37.8 Å². The molecular formula is C20H31N7O2. The van der Waals surface area contributed by atoms with Crippen LogP contribution < -0.4 is 21.7 Å². The molecule has 2 aromatic rings. The molecule has 6 N–H and O–H groups in total. The topological polar surface area (TPSA) is 138 Å². The Kier molecular flexibility index (Phi) is 6.49. The SMILES string of the molecule is CCCCC(C)(CNC(=O)[C@@]1(O)CCCCN1)Nc1nc(N)nc2cccnc12. The minimum Gasteiger partial charge on any atom is -0.368 e. The molecule has 3 rings (SSSR count). The molecule has 158 valence electrons. The molecule has 0 bridgehead atoms. The molecule has 0 aromatic carbocycles. The summed E-state index contributed by atoms with van der Waals surface area (Å²) in [5, 5.41) is 19.9. The van der Waals surface area contributed by atoms with Crippen molar-refractivity contribution in [3.8, 4) is 0 Å². The van der Waals surface area contributed by atoms with E-state index < -0.39 is 17.2 Å². The van der Waals surface area contributed by atoms with Gasteiger partial charge in [-0.05, 0) is 51.3 Å². The third-order valence-electron chi connectivity index (χ3n) is 5.37. The fraction of sp³-hybridized carbons (Fsp3) is 0.600. The van der Waals surface area contributed by atoms with Crippen molar-refractivity contribution in [2.75, 3.05) is 24.1 Å². The molecule has 9 heteroatoms. The molecule has 0 radical (unpaired) electrons. The predicted molar refractivity (Wildman–Crippen MR) is 113 cm³/mol. The van der Waals surface area contributed by atoms with Crippen molar-refractivity contribution in [1.29, 1.82) is 0 Å². The summed E-state index contributed by atoms with van der Waals surface area (Å²) >= 11 is 0. The molecule has 2 atom stereocenters. The van der Waals surface area contributed by atoms with Gasteiger partial charge in [0.25, 0.3) is 5.91 Å². The number of carbonyl (C=O) groups excluding carboxylic acids is 1. The fourth-order valence-corrected chi connectivity index (χ4v) is 3.63. The molecule has 9 nitrogen and oxygen atoms in total. The summed E-state index contributed by atoms with van der Waals surface area (Å²) < 4.78 is 0. The summed E-state index contributed by atoms with van der Waals surface area (Å²) in [4.78, 5) is 25.6. The van der Waals surface area contributed by atoms with Crippen molar-refractivity contribution in [1.82, 2.24) is 25.6 Å². The number of rotatable bonds is 8. The van der Waals surface area contributed by atoms with Gasteiger partial charge in [-0.15, -0.1) is 0 Å². The van der Waals surface area contributed by atoms with Gasteiger partial charge in [-0.1, -0.05) is 19.8 Å². The molecule has 1 aliphatic rings. The Bertz CT molecular complexity index is 854. The van der Waals surface area contributed by atoms with Crippen LogP contribution in [0, 0.1) is 0 Å². The number of nitrogens with zero attached hydrogens (tertiary/aromatic N) is 3. The van der Waals surface area contributed by atoms with Crippen LogP contribution in [0.4, 0.5) is 11.8 Å². The number of nitrogens with one attached hydrogen (secondary N) is 3. The summed E-state index contributed by atoms with van der Waals surface area (Å²) in [6.07, 6.45) is 6.65. The number of piperidine rings is 1. The Morgan fingerprint density at radius 1 is 1.41 bits per heavy atom. The number of unbranched alkanes of at least 4 members (excludes halogenated alkanes) is 1. The maximum atomic E-state index is 12.6. The van der Waals surface area contributed by atoms with Gasteiger partial charge in [-0.2, -0.15) is 4.98 Å². The Morgan fingerprint density at radius 2 is 2.24 bits per heavy atom. The van der Waals surface area contributed by atoms with Crippen molar-refractivity contribution in [2.24, 2.45) is 0 Å². The monoisotopic (exact) mass is 401 g/mol. The van der Waals surface area contributed by atoms with E-state index in [0.717, 1.165) is 32.1 Å². The Balaban J connectivity index is 1.79. The number of nitrogens with two attached hydrogens (primary N) is 1. The second kappa shape index (κ2) is 8.87. The fourth-order valence-electron chi connectivity index (χ4n) is 3.63. The molecule has 1 fully saturated rings. The second-order valence-corrected chi connectivity index (χ2v) is 8.02. The van der Waals surface area contributed by atoms with Gasteiger partial charge in [0, 0.05) is 12.7 Å². The molecule has 1 saturated heterocycles. The smallest absolute Gasteiger partial charge is 0.267 e. The van der Waals surface area contributed by atoms with E-state index in [9.17, 15) is 9.90 Å². The lowest BCUT2D eigenvalue weighted by Gasteiger charge is -2.35. The van der Waals surface area contributed by atoms with Crippen LogP contribution in [0.5, 0.6) is 0 Å². The highest BCUT2D eigenvalue weighted by molar-refractivity contribution is 5.86.